The molecule has 1 heterocycles. The van der Waals surface area contributed by atoms with Crippen molar-refractivity contribution in [2.24, 2.45) is 0 Å². The Balaban J connectivity index is 1.90. The molecule has 0 saturated heterocycles. The second kappa shape index (κ2) is 3.24. The molecule has 78 valence electrons. The summed E-state index contributed by atoms with van der Waals surface area (Å²) in [6, 6.07) is 0.397. The van der Waals surface area contributed by atoms with Gasteiger partial charge < -0.3 is 14.9 Å². The van der Waals surface area contributed by atoms with Gasteiger partial charge in [-0.05, 0) is 26.7 Å². The molecule has 0 amide bonds. The van der Waals surface area contributed by atoms with Crippen LogP contribution in [0.4, 0.5) is 6.01 Å². The summed E-state index contributed by atoms with van der Waals surface area (Å²) < 4.78 is 4.98. The molecule has 2 rings (SSSR count). The molecule has 0 atom stereocenters. The number of anilines is 1. The van der Waals surface area contributed by atoms with E-state index in [4.69, 9.17) is 4.52 Å². The molecule has 2 N–H and O–H groups in total. The summed E-state index contributed by atoms with van der Waals surface area (Å²) in [7, 11) is 0. The second-order valence-electron chi connectivity index (χ2n) is 4.40. The van der Waals surface area contributed by atoms with E-state index in [-0.39, 0.29) is 0 Å². The maximum atomic E-state index is 9.45. The van der Waals surface area contributed by atoms with Crippen molar-refractivity contribution in [3.63, 3.8) is 0 Å². The topological polar surface area (TPSA) is 71.2 Å². The lowest BCUT2D eigenvalue weighted by atomic mass is 10.1. The molecular formula is C9H15N3O2. The third kappa shape index (κ3) is 2.45. The molecule has 1 fully saturated rings. The van der Waals surface area contributed by atoms with E-state index in [1.54, 1.807) is 13.8 Å². The second-order valence-corrected chi connectivity index (χ2v) is 4.40. The van der Waals surface area contributed by atoms with Gasteiger partial charge in [-0.3, -0.25) is 0 Å². The summed E-state index contributed by atoms with van der Waals surface area (Å²) in [5.74, 6) is 1.28. The summed E-state index contributed by atoms with van der Waals surface area (Å²) >= 11 is 0. The number of aliphatic hydroxyl groups is 1. The zero-order valence-corrected chi connectivity index (χ0v) is 8.45. The predicted molar refractivity (Wildman–Crippen MR) is 51.1 cm³/mol. The first kappa shape index (κ1) is 9.45. The summed E-state index contributed by atoms with van der Waals surface area (Å²) in [5.41, 5.74) is -0.770. The summed E-state index contributed by atoms with van der Waals surface area (Å²) in [5, 5.41) is 16.2. The highest BCUT2D eigenvalue weighted by Crippen LogP contribution is 2.38. The van der Waals surface area contributed by atoms with E-state index in [9.17, 15) is 5.11 Å². The van der Waals surface area contributed by atoms with E-state index in [1.165, 1.54) is 0 Å². The van der Waals surface area contributed by atoms with Gasteiger partial charge in [0.15, 0.2) is 5.82 Å². The van der Waals surface area contributed by atoms with Crippen LogP contribution in [-0.2, 0) is 0 Å². The quantitative estimate of drug-likeness (QED) is 0.757. The summed E-state index contributed by atoms with van der Waals surface area (Å²) in [6.07, 6.45) is 2.31. The number of nitrogens with one attached hydrogen (secondary N) is 1. The van der Waals surface area contributed by atoms with Crippen molar-refractivity contribution in [2.75, 3.05) is 11.9 Å². The fourth-order valence-electron chi connectivity index (χ4n) is 1.11. The molecule has 0 unspecified atom stereocenters. The van der Waals surface area contributed by atoms with Gasteiger partial charge >= 0.3 is 6.01 Å². The highest BCUT2D eigenvalue weighted by molar-refractivity contribution is 5.21. The molecule has 0 spiro atoms. The molecular weight excluding hydrogens is 182 g/mol. The number of rotatable bonds is 4. The van der Waals surface area contributed by atoms with E-state index in [0.717, 1.165) is 18.7 Å². The Kier molecular flexibility index (Phi) is 2.19. The van der Waals surface area contributed by atoms with Gasteiger partial charge in [-0.15, -0.1) is 0 Å². The molecule has 1 saturated carbocycles. The van der Waals surface area contributed by atoms with Crippen molar-refractivity contribution in [3.8, 4) is 0 Å². The fourth-order valence-corrected chi connectivity index (χ4v) is 1.11. The lowest BCUT2D eigenvalue weighted by Gasteiger charge is -2.15. The van der Waals surface area contributed by atoms with Crippen molar-refractivity contribution in [2.45, 2.75) is 38.2 Å². The van der Waals surface area contributed by atoms with Crippen LogP contribution < -0.4 is 5.32 Å². The number of nitrogens with zero attached hydrogens (tertiary/aromatic N) is 2. The zero-order valence-electron chi connectivity index (χ0n) is 8.45. The Morgan fingerprint density at radius 2 is 2.29 bits per heavy atom. The number of hydrogen-bond donors (Lipinski definition) is 2. The predicted octanol–water partition coefficient (Wildman–Crippen LogP) is 1.13. The number of hydrogen-bond acceptors (Lipinski definition) is 5. The minimum absolute atomic E-state index is 0.397. The van der Waals surface area contributed by atoms with Gasteiger partial charge in [0.25, 0.3) is 0 Å². The maximum absolute atomic E-state index is 9.45. The molecule has 1 aromatic heterocycles. The normalized spacial score (nSPS) is 17.1. The van der Waals surface area contributed by atoms with Crippen molar-refractivity contribution >= 4 is 6.01 Å². The van der Waals surface area contributed by atoms with Crippen LogP contribution in [0.15, 0.2) is 4.52 Å². The maximum Gasteiger partial charge on any atom is 0.321 e. The van der Waals surface area contributed by atoms with Gasteiger partial charge in [-0.25, -0.2) is 0 Å². The Morgan fingerprint density at radius 1 is 1.57 bits per heavy atom. The smallest absolute Gasteiger partial charge is 0.321 e. The Labute approximate surface area is 82.5 Å². The van der Waals surface area contributed by atoms with Crippen LogP contribution in [0.2, 0.25) is 0 Å². The summed E-state index contributed by atoms with van der Waals surface area (Å²) in [6.45, 7) is 3.84. The third-order valence-electron chi connectivity index (χ3n) is 2.06. The lowest BCUT2D eigenvalue weighted by molar-refractivity contribution is 0.0937. The van der Waals surface area contributed by atoms with E-state index in [1.807, 2.05) is 0 Å². The zero-order chi connectivity index (χ0) is 10.2. The Bertz CT molecular complexity index is 312. The van der Waals surface area contributed by atoms with Crippen LogP contribution in [0.1, 0.15) is 38.4 Å². The van der Waals surface area contributed by atoms with Gasteiger partial charge in [-0.1, -0.05) is 5.16 Å². The molecule has 1 aliphatic carbocycles. The van der Waals surface area contributed by atoms with E-state index < -0.39 is 5.60 Å². The lowest BCUT2D eigenvalue weighted by Crippen LogP contribution is -2.29. The van der Waals surface area contributed by atoms with E-state index >= 15 is 0 Å². The third-order valence-corrected chi connectivity index (χ3v) is 2.06. The highest BCUT2D eigenvalue weighted by Gasteiger charge is 2.28. The van der Waals surface area contributed by atoms with Gasteiger partial charge in [0.05, 0.1) is 5.60 Å². The van der Waals surface area contributed by atoms with Gasteiger partial charge in [0.1, 0.15) is 0 Å². The minimum Gasteiger partial charge on any atom is -0.389 e. The molecule has 0 radical (unpaired) electrons. The average molecular weight is 197 g/mol. The van der Waals surface area contributed by atoms with Crippen molar-refractivity contribution in [3.05, 3.63) is 5.82 Å². The Morgan fingerprint density at radius 3 is 2.86 bits per heavy atom. The van der Waals surface area contributed by atoms with Crippen molar-refractivity contribution in [1.29, 1.82) is 0 Å². The first-order chi connectivity index (χ1) is 6.54. The molecule has 14 heavy (non-hydrogen) atoms. The van der Waals surface area contributed by atoms with Gasteiger partial charge in [0.2, 0.25) is 0 Å². The highest BCUT2D eigenvalue weighted by atomic mass is 16.5. The molecule has 0 bridgehead atoms. The molecule has 0 aromatic carbocycles. The van der Waals surface area contributed by atoms with Crippen molar-refractivity contribution < 1.29 is 9.63 Å². The van der Waals surface area contributed by atoms with Crippen LogP contribution in [0.5, 0.6) is 0 Å². The van der Waals surface area contributed by atoms with Crippen LogP contribution >= 0.6 is 0 Å². The van der Waals surface area contributed by atoms with Crippen LogP contribution in [0.3, 0.4) is 0 Å². The molecule has 5 nitrogen and oxygen atoms in total. The first-order valence-corrected chi connectivity index (χ1v) is 4.84. The molecule has 0 aliphatic heterocycles. The van der Waals surface area contributed by atoms with E-state index in [0.29, 0.717) is 18.5 Å². The molecule has 5 heteroatoms. The molecule has 1 aromatic rings. The first-order valence-electron chi connectivity index (χ1n) is 4.84. The van der Waals surface area contributed by atoms with Crippen LogP contribution in [0.25, 0.3) is 0 Å². The average Bonchev–Trinajstić information content (AvgIpc) is 2.81. The van der Waals surface area contributed by atoms with Crippen LogP contribution in [-0.4, -0.2) is 27.4 Å². The monoisotopic (exact) mass is 197 g/mol. The SMILES string of the molecule is CC(C)(O)CNc1nc(C2CC2)no1. The Hall–Kier alpha value is -1.10. The number of aromatic nitrogens is 2. The van der Waals surface area contributed by atoms with Gasteiger partial charge in [-0.2, -0.15) is 4.98 Å². The van der Waals surface area contributed by atoms with E-state index in [2.05, 4.69) is 15.5 Å². The largest absolute Gasteiger partial charge is 0.389 e. The van der Waals surface area contributed by atoms with Crippen LogP contribution in [0, 0.1) is 0 Å². The summed E-state index contributed by atoms with van der Waals surface area (Å²) in [4.78, 5) is 4.18. The molecule has 1 aliphatic rings. The van der Waals surface area contributed by atoms with Crippen molar-refractivity contribution in [1.82, 2.24) is 10.1 Å². The minimum atomic E-state index is -0.770. The van der Waals surface area contributed by atoms with Gasteiger partial charge in [0, 0.05) is 12.5 Å². The standard InChI is InChI=1S/C9H15N3O2/c1-9(2,13)5-10-8-11-7(12-14-8)6-3-4-6/h6,13H,3-5H2,1-2H3,(H,10,11,12). The fraction of sp³-hybridized carbons (Fsp3) is 0.778.